The molecule has 0 saturated carbocycles. The number of rotatable bonds is 4. The van der Waals surface area contributed by atoms with Gasteiger partial charge in [-0.25, -0.2) is 0 Å². The summed E-state index contributed by atoms with van der Waals surface area (Å²) in [6.07, 6.45) is 3.18. The minimum atomic E-state index is 0.273. The average Bonchev–Trinajstić information content (AvgIpc) is 2.62. The van der Waals surface area contributed by atoms with Gasteiger partial charge in [0.2, 0.25) is 0 Å². The van der Waals surface area contributed by atoms with Gasteiger partial charge < -0.3 is 15.4 Å². The summed E-state index contributed by atoms with van der Waals surface area (Å²) >= 11 is 5.97. The number of hydrogen-bond donors (Lipinski definition) is 2. The number of hydrogen-bond acceptors (Lipinski definition) is 4. The van der Waals surface area contributed by atoms with E-state index in [2.05, 4.69) is 45.4 Å². The Morgan fingerprint density at radius 2 is 1.68 bits per heavy atom. The highest BCUT2D eigenvalue weighted by molar-refractivity contribution is 6.32. The Labute approximate surface area is 173 Å². The van der Waals surface area contributed by atoms with Crippen LogP contribution < -0.4 is 15.4 Å². The van der Waals surface area contributed by atoms with E-state index >= 15 is 0 Å². The summed E-state index contributed by atoms with van der Waals surface area (Å²) in [5.74, 6) is 1.25. The SMILES string of the molecule is CNC1CC(C)(C)NC(C)(C)C1.O=Cc1ccc(Oc2ccccc2)c(Cl)c1. The van der Waals surface area contributed by atoms with Crippen LogP contribution in [0.1, 0.15) is 50.9 Å². The molecule has 1 saturated heterocycles. The Hall–Kier alpha value is -1.88. The van der Waals surface area contributed by atoms with Gasteiger partial charge in [0.05, 0.1) is 5.02 Å². The van der Waals surface area contributed by atoms with E-state index in [4.69, 9.17) is 16.3 Å². The second-order valence-corrected chi connectivity index (χ2v) is 8.92. The molecule has 1 aliphatic heterocycles. The molecule has 0 bridgehead atoms. The van der Waals surface area contributed by atoms with Crippen LogP contribution in [-0.4, -0.2) is 30.5 Å². The van der Waals surface area contributed by atoms with Crippen molar-refractivity contribution < 1.29 is 9.53 Å². The Morgan fingerprint density at radius 1 is 1.07 bits per heavy atom. The molecule has 1 aliphatic rings. The van der Waals surface area contributed by atoms with Crippen LogP contribution >= 0.6 is 11.6 Å². The first kappa shape index (κ1) is 22.4. The van der Waals surface area contributed by atoms with Crippen molar-refractivity contribution in [3.63, 3.8) is 0 Å². The van der Waals surface area contributed by atoms with Crippen LogP contribution in [-0.2, 0) is 0 Å². The summed E-state index contributed by atoms with van der Waals surface area (Å²) in [7, 11) is 2.06. The number of aldehydes is 1. The zero-order valence-corrected chi connectivity index (χ0v) is 18.1. The maximum Gasteiger partial charge on any atom is 0.150 e. The summed E-state index contributed by atoms with van der Waals surface area (Å²) in [5.41, 5.74) is 1.08. The number of ether oxygens (including phenoxy) is 1. The molecular formula is C23H31ClN2O2. The largest absolute Gasteiger partial charge is 0.456 e. The van der Waals surface area contributed by atoms with Crippen LogP contribution in [0.4, 0.5) is 0 Å². The second kappa shape index (κ2) is 9.55. The van der Waals surface area contributed by atoms with Crippen molar-refractivity contribution in [3.8, 4) is 11.5 Å². The van der Waals surface area contributed by atoms with Gasteiger partial charge in [-0.15, -0.1) is 0 Å². The number of piperidine rings is 1. The molecule has 2 aromatic carbocycles. The van der Waals surface area contributed by atoms with Crippen LogP contribution in [0.15, 0.2) is 48.5 Å². The Kier molecular flexibility index (Phi) is 7.64. The molecule has 0 aromatic heterocycles. The van der Waals surface area contributed by atoms with E-state index in [1.165, 1.54) is 12.8 Å². The molecule has 28 heavy (non-hydrogen) atoms. The van der Waals surface area contributed by atoms with Gasteiger partial charge in [0, 0.05) is 22.7 Å². The lowest BCUT2D eigenvalue weighted by molar-refractivity contribution is 0.112. The monoisotopic (exact) mass is 402 g/mol. The molecule has 152 valence electrons. The molecule has 5 heteroatoms. The van der Waals surface area contributed by atoms with Crippen LogP contribution in [0.25, 0.3) is 0 Å². The minimum Gasteiger partial charge on any atom is -0.456 e. The van der Waals surface area contributed by atoms with Crippen molar-refractivity contribution in [2.24, 2.45) is 0 Å². The smallest absolute Gasteiger partial charge is 0.150 e. The second-order valence-electron chi connectivity index (χ2n) is 8.51. The summed E-state index contributed by atoms with van der Waals surface area (Å²) in [6.45, 7) is 9.10. The van der Waals surface area contributed by atoms with E-state index in [1.54, 1.807) is 18.2 Å². The number of benzene rings is 2. The van der Waals surface area contributed by atoms with E-state index in [1.807, 2.05) is 30.3 Å². The van der Waals surface area contributed by atoms with Gasteiger partial charge in [-0.3, -0.25) is 4.79 Å². The zero-order chi connectivity index (χ0) is 20.8. The molecule has 1 heterocycles. The van der Waals surface area contributed by atoms with Crippen LogP contribution in [0, 0.1) is 0 Å². The summed E-state index contributed by atoms with van der Waals surface area (Å²) in [6, 6.07) is 14.9. The van der Waals surface area contributed by atoms with Gasteiger partial charge in [0.25, 0.3) is 0 Å². The lowest BCUT2D eigenvalue weighted by Gasteiger charge is -2.46. The molecule has 0 amide bonds. The normalized spacial score (nSPS) is 17.9. The highest BCUT2D eigenvalue weighted by Gasteiger charge is 2.36. The van der Waals surface area contributed by atoms with Crippen molar-refractivity contribution in [1.29, 1.82) is 0 Å². The van der Waals surface area contributed by atoms with Gasteiger partial charge in [0.1, 0.15) is 17.8 Å². The van der Waals surface area contributed by atoms with E-state index in [0.717, 1.165) is 6.29 Å². The molecule has 0 aliphatic carbocycles. The molecule has 3 rings (SSSR count). The van der Waals surface area contributed by atoms with Crippen LogP contribution in [0.3, 0.4) is 0 Å². The lowest BCUT2D eigenvalue weighted by atomic mass is 9.80. The van der Waals surface area contributed by atoms with Gasteiger partial charge in [-0.05, 0) is 77.9 Å². The Balaban J connectivity index is 0.000000209. The van der Waals surface area contributed by atoms with Crippen molar-refractivity contribution in [3.05, 3.63) is 59.1 Å². The predicted octanol–water partition coefficient (Wildman–Crippen LogP) is 5.46. The fraction of sp³-hybridized carbons (Fsp3) is 0.435. The zero-order valence-electron chi connectivity index (χ0n) is 17.4. The van der Waals surface area contributed by atoms with Gasteiger partial charge in [-0.1, -0.05) is 29.8 Å². The molecule has 0 atom stereocenters. The summed E-state index contributed by atoms with van der Waals surface area (Å²) < 4.78 is 5.56. The Bertz CT molecular complexity index is 759. The third kappa shape index (κ3) is 6.93. The topological polar surface area (TPSA) is 50.4 Å². The van der Waals surface area contributed by atoms with Gasteiger partial charge in [-0.2, -0.15) is 0 Å². The highest BCUT2D eigenvalue weighted by Crippen LogP contribution is 2.30. The van der Waals surface area contributed by atoms with Crippen LogP contribution in [0.2, 0.25) is 5.02 Å². The number of nitrogens with one attached hydrogen (secondary N) is 2. The molecular weight excluding hydrogens is 372 g/mol. The molecule has 2 aromatic rings. The van der Waals surface area contributed by atoms with E-state index in [9.17, 15) is 4.79 Å². The fourth-order valence-corrected chi connectivity index (χ4v) is 4.04. The molecule has 1 fully saturated rings. The molecule has 0 spiro atoms. The quantitative estimate of drug-likeness (QED) is 0.666. The first-order valence-corrected chi connectivity index (χ1v) is 9.96. The standard InChI is InChI=1S/C13H9ClO2.C10H22N2/c14-12-8-10(9-15)6-7-13(12)16-11-4-2-1-3-5-11;1-9(2)6-8(11-5)7-10(3,4)12-9/h1-9H;8,11-12H,6-7H2,1-5H3. The first-order chi connectivity index (χ1) is 13.1. The first-order valence-electron chi connectivity index (χ1n) is 9.58. The van der Waals surface area contributed by atoms with Crippen molar-refractivity contribution in [2.45, 2.75) is 57.7 Å². The molecule has 2 N–H and O–H groups in total. The molecule has 4 nitrogen and oxygen atoms in total. The van der Waals surface area contributed by atoms with E-state index in [0.29, 0.717) is 28.1 Å². The highest BCUT2D eigenvalue weighted by atomic mass is 35.5. The lowest BCUT2D eigenvalue weighted by Crippen LogP contribution is -2.61. The third-order valence-corrected chi connectivity index (χ3v) is 4.96. The minimum absolute atomic E-state index is 0.273. The number of carbonyl (C=O) groups is 1. The molecule has 0 radical (unpaired) electrons. The van der Waals surface area contributed by atoms with Gasteiger partial charge >= 0.3 is 0 Å². The Morgan fingerprint density at radius 3 is 2.18 bits per heavy atom. The van der Waals surface area contributed by atoms with Gasteiger partial charge in [0.15, 0.2) is 0 Å². The fourth-order valence-electron chi connectivity index (χ4n) is 3.82. The maximum absolute atomic E-state index is 10.5. The maximum atomic E-state index is 10.5. The van der Waals surface area contributed by atoms with Crippen molar-refractivity contribution in [1.82, 2.24) is 10.6 Å². The number of halogens is 1. The van der Waals surface area contributed by atoms with E-state index < -0.39 is 0 Å². The number of para-hydroxylation sites is 1. The third-order valence-electron chi connectivity index (χ3n) is 4.66. The van der Waals surface area contributed by atoms with Crippen LogP contribution in [0.5, 0.6) is 11.5 Å². The molecule has 0 unspecified atom stereocenters. The van der Waals surface area contributed by atoms with Crippen molar-refractivity contribution in [2.75, 3.05) is 7.05 Å². The number of carbonyl (C=O) groups excluding carboxylic acids is 1. The van der Waals surface area contributed by atoms with Crippen molar-refractivity contribution >= 4 is 17.9 Å². The summed E-state index contributed by atoms with van der Waals surface area (Å²) in [4.78, 5) is 10.5. The van der Waals surface area contributed by atoms with E-state index in [-0.39, 0.29) is 11.1 Å². The predicted molar refractivity (Wildman–Crippen MR) is 117 cm³/mol. The summed E-state index contributed by atoms with van der Waals surface area (Å²) in [5, 5.41) is 7.46. The average molecular weight is 403 g/mol.